The Balaban J connectivity index is 0.00000529. The van der Waals surface area contributed by atoms with Gasteiger partial charge in [0, 0.05) is 13.1 Å². The Hall–Kier alpha value is -1.25. The number of aliphatic imine (C=N–C) groups is 1. The van der Waals surface area contributed by atoms with Gasteiger partial charge in [-0.25, -0.2) is 9.79 Å². The zero-order valence-electron chi connectivity index (χ0n) is 15.3. The van der Waals surface area contributed by atoms with Crippen molar-refractivity contribution in [3.8, 4) is 0 Å². The molecule has 1 aromatic heterocycles. The smallest absolute Gasteiger partial charge is 0.341 e. The lowest BCUT2D eigenvalue weighted by atomic mass is 10.0. The SMILES string of the molecule is CCNC(=NCc1cc(C(=O)OC)c(C)o1)NCC(CC)CC.I. The molecular formula is C17H30IN3O3. The summed E-state index contributed by atoms with van der Waals surface area (Å²) in [6.07, 6.45) is 2.28. The first kappa shape index (κ1) is 22.8. The summed E-state index contributed by atoms with van der Waals surface area (Å²) >= 11 is 0. The van der Waals surface area contributed by atoms with E-state index in [2.05, 4.69) is 29.5 Å². The topological polar surface area (TPSA) is 75.9 Å². The lowest BCUT2D eigenvalue weighted by Gasteiger charge is -2.16. The fourth-order valence-electron chi connectivity index (χ4n) is 2.25. The molecule has 0 saturated heterocycles. The van der Waals surface area contributed by atoms with Crippen LogP contribution in [0.4, 0.5) is 0 Å². The zero-order chi connectivity index (χ0) is 17.2. The van der Waals surface area contributed by atoms with E-state index in [4.69, 9.17) is 9.15 Å². The molecule has 138 valence electrons. The molecule has 0 spiro atoms. The van der Waals surface area contributed by atoms with E-state index in [1.165, 1.54) is 7.11 Å². The number of ether oxygens (including phenoxy) is 1. The van der Waals surface area contributed by atoms with Gasteiger partial charge in [0.1, 0.15) is 23.6 Å². The molecule has 0 aliphatic heterocycles. The number of aryl methyl sites for hydroxylation is 1. The molecule has 0 aromatic carbocycles. The van der Waals surface area contributed by atoms with Crippen molar-refractivity contribution in [2.45, 2.75) is 47.1 Å². The Morgan fingerprint density at radius 1 is 1.29 bits per heavy atom. The van der Waals surface area contributed by atoms with Crippen LogP contribution in [-0.4, -0.2) is 32.1 Å². The molecule has 0 saturated carbocycles. The van der Waals surface area contributed by atoms with Gasteiger partial charge in [-0.05, 0) is 25.8 Å². The molecule has 2 N–H and O–H groups in total. The number of carbonyl (C=O) groups is 1. The minimum Gasteiger partial charge on any atom is -0.465 e. The Morgan fingerprint density at radius 3 is 2.50 bits per heavy atom. The van der Waals surface area contributed by atoms with Gasteiger partial charge in [0.2, 0.25) is 0 Å². The second-order valence-corrected chi connectivity index (χ2v) is 5.43. The molecule has 7 heteroatoms. The van der Waals surface area contributed by atoms with Crippen LogP contribution in [0.15, 0.2) is 15.5 Å². The Labute approximate surface area is 161 Å². The fraction of sp³-hybridized carbons (Fsp3) is 0.647. The molecule has 0 aliphatic carbocycles. The number of nitrogens with zero attached hydrogens (tertiary/aromatic N) is 1. The van der Waals surface area contributed by atoms with Crippen molar-refractivity contribution in [1.29, 1.82) is 0 Å². The predicted molar refractivity (Wildman–Crippen MR) is 107 cm³/mol. The van der Waals surface area contributed by atoms with E-state index in [1.54, 1.807) is 13.0 Å². The molecule has 0 atom stereocenters. The number of rotatable bonds is 8. The summed E-state index contributed by atoms with van der Waals surface area (Å²) in [5.74, 6) is 2.20. The first-order chi connectivity index (χ1) is 11.0. The van der Waals surface area contributed by atoms with Crippen molar-refractivity contribution in [3.05, 3.63) is 23.2 Å². The van der Waals surface area contributed by atoms with Gasteiger partial charge in [0.25, 0.3) is 0 Å². The van der Waals surface area contributed by atoms with Crippen molar-refractivity contribution in [2.75, 3.05) is 20.2 Å². The van der Waals surface area contributed by atoms with Crippen LogP contribution in [0.3, 0.4) is 0 Å². The Kier molecular flexibility index (Phi) is 11.5. The molecule has 24 heavy (non-hydrogen) atoms. The van der Waals surface area contributed by atoms with Gasteiger partial charge in [0.05, 0.1) is 7.11 Å². The number of esters is 1. The summed E-state index contributed by atoms with van der Waals surface area (Å²) in [5.41, 5.74) is 0.452. The highest BCUT2D eigenvalue weighted by molar-refractivity contribution is 14.0. The second-order valence-electron chi connectivity index (χ2n) is 5.43. The van der Waals surface area contributed by atoms with E-state index in [0.29, 0.717) is 29.5 Å². The van der Waals surface area contributed by atoms with Gasteiger partial charge < -0.3 is 19.8 Å². The van der Waals surface area contributed by atoms with Crippen LogP contribution in [0.25, 0.3) is 0 Å². The number of furan rings is 1. The zero-order valence-corrected chi connectivity index (χ0v) is 17.6. The largest absolute Gasteiger partial charge is 0.465 e. The second kappa shape index (κ2) is 12.2. The molecule has 0 bridgehead atoms. The number of hydrogen-bond donors (Lipinski definition) is 2. The first-order valence-corrected chi connectivity index (χ1v) is 8.25. The summed E-state index contributed by atoms with van der Waals surface area (Å²) in [5, 5.41) is 6.57. The lowest BCUT2D eigenvalue weighted by molar-refractivity contribution is 0.0599. The maximum absolute atomic E-state index is 11.6. The van der Waals surface area contributed by atoms with E-state index < -0.39 is 0 Å². The first-order valence-electron chi connectivity index (χ1n) is 8.25. The predicted octanol–water partition coefficient (Wildman–Crippen LogP) is 3.48. The van der Waals surface area contributed by atoms with Crippen LogP contribution in [0, 0.1) is 12.8 Å². The van der Waals surface area contributed by atoms with E-state index in [9.17, 15) is 4.79 Å². The van der Waals surface area contributed by atoms with Gasteiger partial charge in [-0.1, -0.05) is 26.7 Å². The minimum atomic E-state index is -0.389. The third-order valence-corrected chi connectivity index (χ3v) is 3.82. The third-order valence-electron chi connectivity index (χ3n) is 3.82. The normalized spacial score (nSPS) is 11.2. The van der Waals surface area contributed by atoms with Crippen LogP contribution in [0.1, 0.15) is 55.5 Å². The van der Waals surface area contributed by atoms with Crippen LogP contribution in [0.2, 0.25) is 0 Å². The maximum Gasteiger partial charge on any atom is 0.341 e. The van der Waals surface area contributed by atoms with E-state index in [0.717, 1.165) is 31.9 Å². The van der Waals surface area contributed by atoms with Crippen LogP contribution < -0.4 is 10.6 Å². The van der Waals surface area contributed by atoms with Gasteiger partial charge in [0.15, 0.2) is 5.96 Å². The van der Waals surface area contributed by atoms with Crippen molar-refractivity contribution >= 4 is 35.9 Å². The number of methoxy groups -OCH3 is 1. The van der Waals surface area contributed by atoms with Crippen LogP contribution >= 0.6 is 24.0 Å². The van der Waals surface area contributed by atoms with Gasteiger partial charge in [-0.15, -0.1) is 24.0 Å². The summed E-state index contributed by atoms with van der Waals surface area (Å²) in [7, 11) is 1.36. The highest BCUT2D eigenvalue weighted by atomic mass is 127. The Morgan fingerprint density at radius 2 is 1.96 bits per heavy atom. The number of halogens is 1. The molecule has 0 aliphatic rings. The molecule has 1 aromatic rings. The van der Waals surface area contributed by atoms with Crippen molar-refractivity contribution in [1.82, 2.24) is 10.6 Å². The molecule has 6 nitrogen and oxygen atoms in total. The van der Waals surface area contributed by atoms with Gasteiger partial charge in [-0.3, -0.25) is 0 Å². The van der Waals surface area contributed by atoms with Crippen LogP contribution in [-0.2, 0) is 11.3 Å². The molecule has 0 unspecified atom stereocenters. The van der Waals surface area contributed by atoms with E-state index in [-0.39, 0.29) is 29.9 Å². The maximum atomic E-state index is 11.6. The van der Waals surface area contributed by atoms with Gasteiger partial charge in [-0.2, -0.15) is 0 Å². The van der Waals surface area contributed by atoms with Crippen molar-refractivity contribution in [3.63, 3.8) is 0 Å². The van der Waals surface area contributed by atoms with Crippen molar-refractivity contribution < 1.29 is 13.9 Å². The number of guanidine groups is 1. The number of hydrogen-bond acceptors (Lipinski definition) is 4. The van der Waals surface area contributed by atoms with E-state index >= 15 is 0 Å². The molecule has 0 radical (unpaired) electrons. The summed E-state index contributed by atoms with van der Waals surface area (Å²) in [6, 6.07) is 1.69. The molecule has 0 amide bonds. The number of nitrogens with one attached hydrogen (secondary N) is 2. The van der Waals surface area contributed by atoms with E-state index in [1.807, 2.05) is 6.92 Å². The molecule has 1 heterocycles. The monoisotopic (exact) mass is 451 g/mol. The third kappa shape index (κ3) is 7.11. The summed E-state index contributed by atoms with van der Waals surface area (Å²) < 4.78 is 10.3. The fourth-order valence-corrected chi connectivity index (χ4v) is 2.25. The average molecular weight is 451 g/mol. The quantitative estimate of drug-likeness (QED) is 0.274. The standard InChI is InChI=1S/C17H29N3O3.HI/c1-6-13(7-2)10-19-17(18-8-3)20-11-14-9-15(12(4)23-14)16(21)22-5;/h9,13H,6-8,10-11H2,1-5H3,(H2,18,19,20);1H. The molecular weight excluding hydrogens is 421 g/mol. The Bertz CT molecular complexity index is 525. The summed E-state index contributed by atoms with van der Waals surface area (Å²) in [4.78, 5) is 16.1. The van der Waals surface area contributed by atoms with Gasteiger partial charge >= 0.3 is 5.97 Å². The summed E-state index contributed by atoms with van der Waals surface area (Å²) in [6.45, 7) is 10.2. The molecule has 1 rings (SSSR count). The van der Waals surface area contributed by atoms with Crippen LogP contribution in [0.5, 0.6) is 0 Å². The van der Waals surface area contributed by atoms with Crippen molar-refractivity contribution in [2.24, 2.45) is 10.9 Å². The number of carbonyl (C=O) groups excluding carboxylic acids is 1. The molecule has 0 fully saturated rings. The minimum absolute atomic E-state index is 0. The average Bonchev–Trinajstić information content (AvgIpc) is 2.93. The lowest BCUT2D eigenvalue weighted by Crippen LogP contribution is -2.39. The highest BCUT2D eigenvalue weighted by Crippen LogP contribution is 2.16. The highest BCUT2D eigenvalue weighted by Gasteiger charge is 2.15.